The standard InChI is InChI=1S/C18H23ClO3/c19-16-8-10-17(11-9-16)22-13-12-15(18(20)21)7-6-14-4-2-1-3-5-14/h4,8-11,15H,1-3,5-7,12-13H2,(H,20,21). The molecule has 1 N–H and O–H groups in total. The molecule has 1 atom stereocenters. The molecule has 0 amide bonds. The maximum absolute atomic E-state index is 11.4. The van der Waals surface area contributed by atoms with Gasteiger partial charge in [-0.05, 0) is 69.2 Å². The van der Waals surface area contributed by atoms with Gasteiger partial charge < -0.3 is 9.84 Å². The molecule has 0 radical (unpaired) electrons. The summed E-state index contributed by atoms with van der Waals surface area (Å²) >= 11 is 5.81. The van der Waals surface area contributed by atoms with Crippen molar-refractivity contribution in [3.63, 3.8) is 0 Å². The highest BCUT2D eigenvalue weighted by Gasteiger charge is 2.18. The van der Waals surface area contributed by atoms with E-state index in [4.69, 9.17) is 16.3 Å². The zero-order chi connectivity index (χ0) is 15.8. The number of halogens is 1. The summed E-state index contributed by atoms with van der Waals surface area (Å²) in [5.41, 5.74) is 1.43. The van der Waals surface area contributed by atoms with E-state index < -0.39 is 5.97 Å². The highest BCUT2D eigenvalue weighted by Crippen LogP contribution is 2.24. The Morgan fingerprint density at radius 1 is 1.23 bits per heavy atom. The second kappa shape index (κ2) is 8.84. The molecular weight excluding hydrogens is 300 g/mol. The monoisotopic (exact) mass is 322 g/mol. The number of hydrogen-bond acceptors (Lipinski definition) is 2. The van der Waals surface area contributed by atoms with Crippen molar-refractivity contribution >= 4 is 17.6 Å². The van der Waals surface area contributed by atoms with Crippen LogP contribution >= 0.6 is 11.6 Å². The molecule has 0 aromatic heterocycles. The van der Waals surface area contributed by atoms with E-state index in [1.54, 1.807) is 24.3 Å². The van der Waals surface area contributed by atoms with Gasteiger partial charge >= 0.3 is 5.97 Å². The first-order chi connectivity index (χ1) is 10.6. The first-order valence-electron chi connectivity index (χ1n) is 7.94. The van der Waals surface area contributed by atoms with Crippen LogP contribution in [0.15, 0.2) is 35.9 Å². The molecule has 0 heterocycles. The molecule has 22 heavy (non-hydrogen) atoms. The molecule has 0 saturated heterocycles. The summed E-state index contributed by atoms with van der Waals surface area (Å²) in [7, 11) is 0. The zero-order valence-corrected chi connectivity index (χ0v) is 13.5. The largest absolute Gasteiger partial charge is 0.494 e. The average Bonchev–Trinajstić information content (AvgIpc) is 2.53. The normalized spacial score (nSPS) is 16.0. The molecule has 120 valence electrons. The van der Waals surface area contributed by atoms with Crippen LogP contribution in [0, 0.1) is 5.92 Å². The van der Waals surface area contributed by atoms with Crippen LogP contribution in [0.5, 0.6) is 5.75 Å². The Labute approximate surface area is 136 Å². The summed E-state index contributed by atoms with van der Waals surface area (Å²) < 4.78 is 5.60. The molecule has 1 unspecified atom stereocenters. The predicted octanol–water partition coefficient (Wildman–Crippen LogP) is 5.09. The summed E-state index contributed by atoms with van der Waals surface area (Å²) in [5.74, 6) is -0.338. The fourth-order valence-corrected chi connectivity index (χ4v) is 2.86. The fourth-order valence-electron chi connectivity index (χ4n) is 2.73. The van der Waals surface area contributed by atoms with Crippen LogP contribution in [0.4, 0.5) is 0 Å². The van der Waals surface area contributed by atoms with Crippen LogP contribution in [0.3, 0.4) is 0 Å². The molecule has 0 bridgehead atoms. The third-order valence-corrected chi connectivity index (χ3v) is 4.35. The molecule has 0 spiro atoms. The molecule has 1 aromatic carbocycles. The van der Waals surface area contributed by atoms with Gasteiger partial charge in [0.25, 0.3) is 0 Å². The molecule has 1 aromatic rings. The van der Waals surface area contributed by atoms with Crippen LogP contribution in [0.1, 0.15) is 44.9 Å². The Balaban J connectivity index is 1.75. The van der Waals surface area contributed by atoms with Gasteiger partial charge in [-0.15, -0.1) is 0 Å². The van der Waals surface area contributed by atoms with Crippen LogP contribution < -0.4 is 4.74 Å². The maximum Gasteiger partial charge on any atom is 0.306 e. The third-order valence-electron chi connectivity index (χ3n) is 4.10. The van der Waals surface area contributed by atoms with E-state index >= 15 is 0 Å². The van der Waals surface area contributed by atoms with Crippen LogP contribution in [-0.4, -0.2) is 17.7 Å². The van der Waals surface area contributed by atoms with Crippen molar-refractivity contribution in [1.29, 1.82) is 0 Å². The van der Waals surface area contributed by atoms with E-state index in [1.807, 2.05) is 0 Å². The highest BCUT2D eigenvalue weighted by atomic mass is 35.5. The van der Waals surface area contributed by atoms with Gasteiger partial charge in [0.15, 0.2) is 0 Å². The van der Waals surface area contributed by atoms with Crippen molar-refractivity contribution in [2.24, 2.45) is 5.92 Å². The Hall–Kier alpha value is -1.48. The average molecular weight is 323 g/mol. The van der Waals surface area contributed by atoms with Gasteiger partial charge in [-0.3, -0.25) is 4.79 Å². The molecule has 0 saturated carbocycles. The molecular formula is C18H23ClO3. The van der Waals surface area contributed by atoms with Crippen molar-refractivity contribution in [2.45, 2.75) is 44.9 Å². The van der Waals surface area contributed by atoms with Crippen LogP contribution in [0.25, 0.3) is 0 Å². The molecule has 3 nitrogen and oxygen atoms in total. The summed E-state index contributed by atoms with van der Waals surface area (Å²) in [4.78, 5) is 11.4. The SMILES string of the molecule is O=C(O)C(CCOc1ccc(Cl)cc1)CCC1=CCCCC1. The van der Waals surface area contributed by atoms with Gasteiger partial charge in [0.05, 0.1) is 12.5 Å². The Morgan fingerprint density at radius 3 is 2.64 bits per heavy atom. The lowest BCUT2D eigenvalue weighted by Crippen LogP contribution is -2.17. The van der Waals surface area contributed by atoms with Gasteiger partial charge in [0.1, 0.15) is 5.75 Å². The van der Waals surface area contributed by atoms with Crippen molar-refractivity contribution in [2.75, 3.05) is 6.61 Å². The van der Waals surface area contributed by atoms with E-state index in [2.05, 4.69) is 6.08 Å². The van der Waals surface area contributed by atoms with Crippen LogP contribution in [0.2, 0.25) is 5.02 Å². The summed E-state index contributed by atoms with van der Waals surface area (Å²) in [6, 6.07) is 7.12. The molecule has 1 aliphatic carbocycles. The predicted molar refractivity (Wildman–Crippen MR) is 88.5 cm³/mol. The number of carboxylic acid groups (broad SMARTS) is 1. The minimum absolute atomic E-state index is 0.338. The quantitative estimate of drug-likeness (QED) is 0.678. The van der Waals surface area contributed by atoms with E-state index in [0.717, 1.165) is 25.0 Å². The number of rotatable bonds is 8. The van der Waals surface area contributed by atoms with Crippen molar-refractivity contribution < 1.29 is 14.6 Å². The number of allylic oxidation sites excluding steroid dienone is 2. The number of carboxylic acids is 1. The van der Waals surface area contributed by atoms with E-state index in [-0.39, 0.29) is 5.92 Å². The van der Waals surface area contributed by atoms with E-state index in [1.165, 1.54) is 18.4 Å². The second-order valence-corrected chi connectivity index (χ2v) is 6.21. The molecule has 0 aliphatic heterocycles. The summed E-state index contributed by atoms with van der Waals surface area (Å²) in [6.45, 7) is 0.414. The Morgan fingerprint density at radius 2 is 2.00 bits per heavy atom. The van der Waals surface area contributed by atoms with Gasteiger partial charge in [-0.25, -0.2) is 0 Å². The lowest BCUT2D eigenvalue weighted by Gasteiger charge is -2.16. The summed E-state index contributed by atoms with van der Waals surface area (Å²) in [5, 5.41) is 10.0. The number of hydrogen-bond donors (Lipinski definition) is 1. The Bertz CT molecular complexity index is 508. The van der Waals surface area contributed by atoms with Crippen molar-refractivity contribution in [3.05, 3.63) is 40.9 Å². The zero-order valence-electron chi connectivity index (χ0n) is 12.8. The van der Waals surface area contributed by atoms with E-state index in [9.17, 15) is 9.90 Å². The number of benzene rings is 1. The fraction of sp³-hybridized carbons (Fsp3) is 0.500. The van der Waals surface area contributed by atoms with E-state index in [0.29, 0.717) is 24.5 Å². The van der Waals surface area contributed by atoms with Gasteiger partial charge in [0.2, 0.25) is 0 Å². The smallest absolute Gasteiger partial charge is 0.306 e. The van der Waals surface area contributed by atoms with Crippen LogP contribution in [-0.2, 0) is 4.79 Å². The minimum Gasteiger partial charge on any atom is -0.494 e. The number of aliphatic carboxylic acids is 1. The first kappa shape index (κ1) is 16.9. The molecule has 4 heteroatoms. The minimum atomic E-state index is -0.726. The highest BCUT2D eigenvalue weighted by molar-refractivity contribution is 6.30. The van der Waals surface area contributed by atoms with Gasteiger partial charge in [-0.1, -0.05) is 23.3 Å². The molecule has 0 fully saturated rings. The topological polar surface area (TPSA) is 46.5 Å². The second-order valence-electron chi connectivity index (χ2n) is 5.77. The number of ether oxygens (including phenoxy) is 1. The Kier molecular flexibility index (Phi) is 6.78. The van der Waals surface area contributed by atoms with Crippen molar-refractivity contribution in [3.8, 4) is 5.75 Å². The van der Waals surface area contributed by atoms with Crippen molar-refractivity contribution in [1.82, 2.24) is 0 Å². The molecule has 2 rings (SSSR count). The number of carbonyl (C=O) groups is 1. The van der Waals surface area contributed by atoms with Gasteiger partial charge in [0, 0.05) is 5.02 Å². The summed E-state index contributed by atoms with van der Waals surface area (Å²) in [6.07, 6.45) is 9.20. The lowest BCUT2D eigenvalue weighted by molar-refractivity contribution is -0.142. The molecule has 1 aliphatic rings. The van der Waals surface area contributed by atoms with Gasteiger partial charge in [-0.2, -0.15) is 0 Å². The maximum atomic E-state index is 11.4. The first-order valence-corrected chi connectivity index (χ1v) is 8.32. The third kappa shape index (κ3) is 5.72. The lowest BCUT2D eigenvalue weighted by atomic mass is 9.91.